The lowest BCUT2D eigenvalue weighted by atomic mass is 9.81. The molecule has 3 atom stereocenters. The van der Waals surface area contributed by atoms with Gasteiger partial charge in [0.15, 0.2) is 0 Å². The van der Waals surface area contributed by atoms with E-state index in [0.29, 0.717) is 6.04 Å². The van der Waals surface area contributed by atoms with Crippen molar-refractivity contribution in [1.29, 1.82) is 0 Å². The fourth-order valence-corrected chi connectivity index (χ4v) is 3.53. The minimum absolute atomic E-state index is 0.575. The molecule has 0 aromatic rings. The first-order chi connectivity index (χ1) is 7.86. The van der Waals surface area contributed by atoms with Gasteiger partial charge in [-0.15, -0.1) is 0 Å². The standard InChI is InChI=1S/C13H27N3/c1-2-11-5-3-4-6-13(11)16-8-7-15-10-12(16)9-14/h11-13,15H,2-10,14H2,1H3. The van der Waals surface area contributed by atoms with E-state index in [-0.39, 0.29) is 0 Å². The number of rotatable bonds is 3. The van der Waals surface area contributed by atoms with Crippen LogP contribution in [-0.4, -0.2) is 43.2 Å². The molecule has 3 N–H and O–H groups in total. The van der Waals surface area contributed by atoms with E-state index < -0.39 is 0 Å². The van der Waals surface area contributed by atoms with Crippen molar-refractivity contribution < 1.29 is 0 Å². The van der Waals surface area contributed by atoms with Gasteiger partial charge in [0.05, 0.1) is 0 Å². The predicted octanol–water partition coefficient (Wildman–Crippen LogP) is 1.19. The molecule has 94 valence electrons. The molecular weight excluding hydrogens is 198 g/mol. The van der Waals surface area contributed by atoms with Crippen LogP contribution >= 0.6 is 0 Å². The first-order valence-electron chi connectivity index (χ1n) is 7.03. The Morgan fingerprint density at radius 2 is 2.12 bits per heavy atom. The Kier molecular flexibility index (Phi) is 4.62. The first-order valence-corrected chi connectivity index (χ1v) is 7.03. The molecule has 0 aromatic carbocycles. The molecule has 3 heteroatoms. The Morgan fingerprint density at radius 1 is 1.31 bits per heavy atom. The normalized spacial score (nSPS) is 37.5. The van der Waals surface area contributed by atoms with E-state index in [4.69, 9.17) is 5.73 Å². The molecule has 2 fully saturated rings. The second-order valence-corrected chi connectivity index (χ2v) is 5.35. The fourth-order valence-electron chi connectivity index (χ4n) is 3.53. The van der Waals surface area contributed by atoms with Crippen LogP contribution in [0.15, 0.2) is 0 Å². The lowest BCUT2D eigenvalue weighted by Crippen LogP contribution is -2.59. The maximum atomic E-state index is 5.91. The van der Waals surface area contributed by atoms with Crippen molar-refractivity contribution >= 4 is 0 Å². The zero-order valence-electron chi connectivity index (χ0n) is 10.6. The van der Waals surface area contributed by atoms with Crippen molar-refractivity contribution in [3.8, 4) is 0 Å². The third-order valence-corrected chi connectivity index (χ3v) is 4.49. The topological polar surface area (TPSA) is 41.3 Å². The third-order valence-electron chi connectivity index (χ3n) is 4.49. The average Bonchev–Trinajstić information content (AvgIpc) is 2.38. The molecule has 1 aliphatic carbocycles. The van der Waals surface area contributed by atoms with Crippen molar-refractivity contribution in [1.82, 2.24) is 10.2 Å². The average molecular weight is 225 g/mol. The van der Waals surface area contributed by atoms with Crippen molar-refractivity contribution in [2.45, 2.75) is 51.1 Å². The van der Waals surface area contributed by atoms with E-state index >= 15 is 0 Å². The van der Waals surface area contributed by atoms with Gasteiger partial charge in [-0.1, -0.05) is 26.2 Å². The molecule has 1 saturated carbocycles. The van der Waals surface area contributed by atoms with Gasteiger partial charge < -0.3 is 11.1 Å². The molecule has 2 rings (SSSR count). The summed E-state index contributed by atoms with van der Waals surface area (Å²) in [7, 11) is 0. The fraction of sp³-hybridized carbons (Fsp3) is 1.00. The minimum Gasteiger partial charge on any atom is -0.329 e. The van der Waals surface area contributed by atoms with Gasteiger partial charge in [0.2, 0.25) is 0 Å². The molecule has 0 amide bonds. The monoisotopic (exact) mass is 225 g/mol. The van der Waals surface area contributed by atoms with E-state index in [1.54, 1.807) is 0 Å². The minimum atomic E-state index is 0.575. The lowest BCUT2D eigenvalue weighted by molar-refractivity contribution is 0.0482. The van der Waals surface area contributed by atoms with Crippen LogP contribution in [-0.2, 0) is 0 Å². The Bertz CT molecular complexity index is 185. The van der Waals surface area contributed by atoms with Gasteiger partial charge in [-0.05, 0) is 18.8 Å². The predicted molar refractivity (Wildman–Crippen MR) is 68.5 cm³/mol. The second-order valence-electron chi connectivity index (χ2n) is 5.35. The second kappa shape index (κ2) is 5.99. The number of hydrogen-bond donors (Lipinski definition) is 2. The van der Waals surface area contributed by atoms with Gasteiger partial charge in [0, 0.05) is 38.3 Å². The maximum absolute atomic E-state index is 5.91. The number of piperazine rings is 1. The van der Waals surface area contributed by atoms with Gasteiger partial charge >= 0.3 is 0 Å². The SMILES string of the molecule is CCC1CCCCC1N1CCNCC1CN. The Labute approximate surface area is 99.8 Å². The van der Waals surface area contributed by atoms with E-state index in [1.165, 1.54) is 38.6 Å². The largest absolute Gasteiger partial charge is 0.329 e. The number of nitrogens with two attached hydrogens (primary N) is 1. The van der Waals surface area contributed by atoms with Crippen molar-refractivity contribution in [2.75, 3.05) is 26.2 Å². The Balaban J connectivity index is 2.01. The maximum Gasteiger partial charge on any atom is 0.0346 e. The summed E-state index contributed by atoms with van der Waals surface area (Å²) in [5.74, 6) is 0.917. The summed E-state index contributed by atoms with van der Waals surface area (Å²) in [4.78, 5) is 2.71. The summed E-state index contributed by atoms with van der Waals surface area (Å²) < 4.78 is 0. The molecule has 0 spiro atoms. The molecule has 3 unspecified atom stereocenters. The van der Waals surface area contributed by atoms with Gasteiger partial charge in [-0.3, -0.25) is 4.90 Å². The summed E-state index contributed by atoms with van der Waals surface area (Å²) in [6.45, 7) is 6.58. The molecule has 1 heterocycles. The van der Waals surface area contributed by atoms with E-state index in [0.717, 1.165) is 31.6 Å². The van der Waals surface area contributed by atoms with Crippen LogP contribution in [0.4, 0.5) is 0 Å². The molecule has 1 aliphatic heterocycles. The van der Waals surface area contributed by atoms with E-state index in [2.05, 4.69) is 17.1 Å². The van der Waals surface area contributed by atoms with Crippen LogP contribution in [0.5, 0.6) is 0 Å². The van der Waals surface area contributed by atoms with Crippen LogP contribution in [0.3, 0.4) is 0 Å². The highest BCUT2D eigenvalue weighted by Gasteiger charge is 2.33. The van der Waals surface area contributed by atoms with Crippen molar-refractivity contribution in [3.63, 3.8) is 0 Å². The highest BCUT2D eigenvalue weighted by atomic mass is 15.3. The van der Waals surface area contributed by atoms with E-state index in [1.807, 2.05) is 0 Å². The van der Waals surface area contributed by atoms with Gasteiger partial charge in [0.1, 0.15) is 0 Å². The molecule has 0 aromatic heterocycles. The lowest BCUT2D eigenvalue weighted by Gasteiger charge is -2.46. The molecule has 0 radical (unpaired) electrons. The van der Waals surface area contributed by atoms with E-state index in [9.17, 15) is 0 Å². The highest BCUT2D eigenvalue weighted by Crippen LogP contribution is 2.31. The third kappa shape index (κ3) is 2.58. The van der Waals surface area contributed by atoms with Crippen LogP contribution in [0, 0.1) is 5.92 Å². The van der Waals surface area contributed by atoms with Crippen LogP contribution in [0.2, 0.25) is 0 Å². The summed E-state index contributed by atoms with van der Waals surface area (Å²) >= 11 is 0. The quantitative estimate of drug-likeness (QED) is 0.758. The summed E-state index contributed by atoms with van der Waals surface area (Å²) in [5.41, 5.74) is 5.91. The molecule has 0 bridgehead atoms. The highest BCUT2D eigenvalue weighted by molar-refractivity contribution is 4.90. The smallest absolute Gasteiger partial charge is 0.0346 e. The zero-order chi connectivity index (χ0) is 11.4. The molecule has 16 heavy (non-hydrogen) atoms. The molecule has 2 aliphatic rings. The number of nitrogens with one attached hydrogen (secondary N) is 1. The van der Waals surface area contributed by atoms with Crippen molar-refractivity contribution in [2.24, 2.45) is 11.7 Å². The van der Waals surface area contributed by atoms with Crippen LogP contribution < -0.4 is 11.1 Å². The Hall–Kier alpha value is -0.120. The summed E-state index contributed by atoms with van der Waals surface area (Å²) in [6, 6.07) is 1.39. The van der Waals surface area contributed by atoms with Gasteiger partial charge in [-0.25, -0.2) is 0 Å². The Morgan fingerprint density at radius 3 is 2.88 bits per heavy atom. The molecule has 3 nitrogen and oxygen atoms in total. The number of nitrogens with zero attached hydrogens (tertiary/aromatic N) is 1. The molecule has 1 saturated heterocycles. The zero-order valence-corrected chi connectivity index (χ0v) is 10.6. The number of hydrogen-bond acceptors (Lipinski definition) is 3. The van der Waals surface area contributed by atoms with Crippen LogP contribution in [0.1, 0.15) is 39.0 Å². The van der Waals surface area contributed by atoms with Crippen LogP contribution in [0.25, 0.3) is 0 Å². The first kappa shape index (κ1) is 12.3. The van der Waals surface area contributed by atoms with Crippen molar-refractivity contribution in [3.05, 3.63) is 0 Å². The summed E-state index contributed by atoms with van der Waals surface area (Å²) in [5, 5.41) is 3.47. The van der Waals surface area contributed by atoms with Gasteiger partial charge in [0.25, 0.3) is 0 Å². The molecular formula is C13H27N3. The summed E-state index contributed by atoms with van der Waals surface area (Å²) in [6.07, 6.45) is 7.03. The van der Waals surface area contributed by atoms with Gasteiger partial charge in [-0.2, -0.15) is 0 Å².